The third-order valence-electron chi connectivity index (χ3n) is 5.77. The van der Waals surface area contributed by atoms with E-state index in [0.717, 1.165) is 38.5 Å². The summed E-state index contributed by atoms with van der Waals surface area (Å²) < 4.78 is 25.6. The molecule has 1 aromatic carbocycles. The zero-order chi connectivity index (χ0) is 18.5. The summed E-state index contributed by atoms with van der Waals surface area (Å²) in [5.41, 5.74) is 0. The molecule has 2 aliphatic carbocycles. The van der Waals surface area contributed by atoms with Crippen LogP contribution in [0.15, 0.2) is 12.1 Å². The molecule has 144 valence electrons. The molecular formula is C21H28ClFO3. The SMILES string of the molecule is CC1CCC(C(=O)Oc2ccc(OCC3CCCCC3)c(Cl)c2F)CC1. The molecule has 0 unspecified atom stereocenters. The highest BCUT2D eigenvalue weighted by molar-refractivity contribution is 6.32. The maximum atomic E-state index is 14.5. The highest BCUT2D eigenvalue weighted by Gasteiger charge is 2.27. The van der Waals surface area contributed by atoms with E-state index in [1.165, 1.54) is 25.3 Å². The maximum Gasteiger partial charge on any atom is 0.314 e. The summed E-state index contributed by atoms with van der Waals surface area (Å²) in [7, 11) is 0. The van der Waals surface area contributed by atoms with Crippen molar-refractivity contribution in [2.45, 2.75) is 64.7 Å². The van der Waals surface area contributed by atoms with Crippen LogP contribution in [-0.2, 0) is 4.79 Å². The minimum absolute atomic E-state index is 0.108. The zero-order valence-electron chi connectivity index (χ0n) is 15.4. The first-order valence-electron chi connectivity index (χ1n) is 9.87. The van der Waals surface area contributed by atoms with Crippen LogP contribution in [0.5, 0.6) is 11.5 Å². The Morgan fingerprint density at radius 1 is 1.08 bits per heavy atom. The Morgan fingerprint density at radius 3 is 2.42 bits per heavy atom. The lowest BCUT2D eigenvalue weighted by Gasteiger charge is -2.24. The molecule has 0 N–H and O–H groups in total. The molecule has 0 saturated heterocycles. The highest BCUT2D eigenvalue weighted by atomic mass is 35.5. The standard InChI is InChI=1S/C21H28ClFO3/c1-14-7-9-16(10-8-14)21(24)26-18-12-11-17(19(22)20(18)23)25-13-15-5-3-2-4-6-15/h11-12,14-16H,2-10,13H2,1H3. The van der Waals surface area contributed by atoms with E-state index in [2.05, 4.69) is 6.92 Å². The Morgan fingerprint density at radius 2 is 1.73 bits per heavy atom. The van der Waals surface area contributed by atoms with Crippen molar-refractivity contribution in [2.75, 3.05) is 6.61 Å². The van der Waals surface area contributed by atoms with Gasteiger partial charge in [-0.2, -0.15) is 0 Å². The fourth-order valence-electron chi connectivity index (χ4n) is 3.95. The zero-order valence-corrected chi connectivity index (χ0v) is 16.2. The molecule has 5 heteroatoms. The molecule has 0 bridgehead atoms. The lowest BCUT2D eigenvalue weighted by molar-refractivity contribution is -0.140. The summed E-state index contributed by atoms with van der Waals surface area (Å²) in [5.74, 6) is 0.143. The number of carbonyl (C=O) groups is 1. The molecule has 26 heavy (non-hydrogen) atoms. The third kappa shape index (κ3) is 4.91. The second-order valence-corrected chi connectivity index (χ2v) is 8.26. The summed E-state index contributed by atoms with van der Waals surface area (Å²) in [6.07, 6.45) is 9.66. The van der Waals surface area contributed by atoms with Crippen LogP contribution in [0.1, 0.15) is 64.7 Å². The van der Waals surface area contributed by atoms with Gasteiger partial charge >= 0.3 is 5.97 Å². The van der Waals surface area contributed by atoms with E-state index < -0.39 is 5.82 Å². The molecule has 2 saturated carbocycles. The van der Waals surface area contributed by atoms with Crippen molar-refractivity contribution in [3.8, 4) is 11.5 Å². The molecule has 0 radical (unpaired) electrons. The average molecular weight is 383 g/mol. The number of benzene rings is 1. The Labute approximate surface area is 160 Å². The molecule has 0 atom stereocenters. The molecular weight excluding hydrogens is 355 g/mol. The number of halogens is 2. The van der Waals surface area contributed by atoms with Crippen molar-refractivity contribution in [3.63, 3.8) is 0 Å². The van der Waals surface area contributed by atoms with Gasteiger partial charge in [0.1, 0.15) is 10.8 Å². The molecule has 1 aromatic rings. The molecule has 0 spiro atoms. The average Bonchev–Trinajstić information content (AvgIpc) is 2.66. The van der Waals surface area contributed by atoms with E-state index in [1.54, 1.807) is 6.07 Å². The largest absolute Gasteiger partial charge is 0.492 e. The predicted octanol–water partition coefficient (Wildman–Crippen LogP) is 6.17. The first-order chi connectivity index (χ1) is 12.5. The molecule has 0 aromatic heterocycles. The van der Waals surface area contributed by atoms with E-state index in [-0.39, 0.29) is 22.7 Å². The second kappa shape index (κ2) is 9.07. The second-order valence-electron chi connectivity index (χ2n) is 7.88. The van der Waals surface area contributed by atoms with E-state index in [4.69, 9.17) is 21.1 Å². The predicted molar refractivity (Wildman–Crippen MR) is 100 cm³/mol. The topological polar surface area (TPSA) is 35.5 Å². The van der Waals surface area contributed by atoms with Gasteiger partial charge < -0.3 is 9.47 Å². The molecule has 3 nitrogen and oxygen atoms in total. The van der Waals surface area contributed by atoms with Gasteiger partial charge in [0.05, 0.1) is 12.5 Å². The van der Waals surface area contributed by atoms with E-state index in [0.29, 0.717) is 24.2 Å². The van der Waals surface area contributed by atoms with Crippen LogP contribution in [0.4, 0.5) is 4.39 Å². The van der Waals surface area contributed by atoms with Crippen LogP contribution >= 0.6 is 11.6 Å². The third-order valence-corrected chi connectivity index (χ3v) is 6.12. The Balaban J connectivity index is 1.58. The van der Waals surface area contributed by atoms with Crippen LogP contribution in [0.2, 0.25) is 5.02 Å². The Hall–Kier alpha value is -1.29. The van der Waals surface area contributed by atoms with Crippen LogP contribution in [-0.4, -0.2) is 12.6 Å². The van der Waals surface area contributed by atoms with Gasteiger partial charge in [0.2, 0.25) is 0 Å². The van der Waals surface area contributed by atoms with Crippen LogP contribution in [0, 0.1) is 23.6 Å². The van der Waals surface area contributed by atoms with Crippen molar-refractivity contribution < 1.29 is 18.7 Å². The lowest BCUT2D eigenvalue weighted by Crippen LogP contribution is -2.25. The number of ether oxygens (including phenoxy) is 2. The minimum atomic E-state index is -0.717. The van der Waals surface area contributed by atoms with Gasteiger partial charge in [0.15, 0.2) is 11.6 Å². The fourth-order valence-corrected chi connectivity index (χ4v) is 4.16. The fraction of sp³-hybridized carbons (Fsp3) is 0.667. The summed E-state index contributed by atoms with van der Waals surface area (Å²) >= 11 is 6.11. The molecule has 0 aliphatic heterocycles. The van der Waals surface area contributed by atoms with Crippen molar-refractivity contribution in [2.24, 2.45) is 17.8 Å². The van der Waals surface area contributed by atoms with Gasteiger partial charge in [-0.15, -0.1) is 0 Å². The van der Waals surface area contributed by atoms with Gasteiger partial charge in [-0.1, -0.05) is 37.8 Å². The number of hydrogen-bond donors (Lipinski definition) is 0. The summed E-state index contributed by atoms with van der Waals surface area (Å²) in [6.45, 7) is 2.74. The van der Waals surface area contributed by atoms with E-state index >= 15 is 0 Å². The summed E-state index contributed by atoms with van der Waals surface area (Å²) in [4.78, 5) is 12.3. The monoisotopic (exact) mass is 382 g/mol. The van der Waals surface area contributed by atoms with Crippen molar-refractivity contribution in [3.05, 3.63) is 23.0 Å². The minimum Gasteiger partial charge on any atom is -0.492 e. The number of carbonyl (C=O) groups excluding carboxylic acids is 1. The number of esters is 1. The number of rotatable bonds is 5. The van der Waals surface area contributed by atoms with Crippen LogP contribution < -0.4 is 9.47 Å². The summed E-state index contributed by atoms with van der Waals surface area (Å²) in [5, 5.41) is -0.108. The first kappa shape index (κ1) is 19.5. The summed E-state index contributed by atoms with van der Waals surface area (Å²) in [6, 6.07) is 3.04. The molecule has 3 rings (SSSR count). The van der Waals surface area contributed by atoms with Gasteiger partial charge in [-0.3, -0.25) is 4.79 Å². The quantitative estimate of drug-likeness (QED) is 0.451. The highest BCUT2D eigenvalue weighted by Crippen LogP contribution is 2.36. The molecule has 2 fully saturated rings. The van der Waals surface area contributed by atoms with Crippen LogP contribution in [0.3, 0.4) is 0 Å². The van der Waals surface area contributed by atoms with Gasteiger partial charge in [0, 0.05) is 0 Å². The molecule has 2 aliphatic rings. The Kier molecular flexibility index (Phi) is 6.80. The van der Waals surface area contributed by atoms with E-state index in [1.807, 2.05) is 0 Å². The van der Waals surface area contributed by atoms with Crippen LogP contribution in [0.25, 0.3) is 0 Å². The number of hydrogen-bond acceptors (Lipinski definition) is 3. The Bertz CT molecular complexity index is 620. The van der Waals surface area contributed by atoms with Gasteiger partial charge in [0.25, 0.3) is 0 Å². The lowest BCUT2D eigenvalue weighted by atomic mass is 9.83. The van der Waals surface area contributed by atoms with Gasteiger partial charge in [-0.05, 0) is 62.5 Å². The van der Waals surface area contributed by atoms with Gasteiger partial charge in [-0.25, -0.2) is 4.39 Å². The van der Waals surface area contributed by atoms with Crippen molar-refractivity contribution >= 4 is 17.6 Å². The maximum absolute atomic E-state index is 14.5. The van der Waals surface area contributed by atoms with Crippen molar-refractivity contribution in [1.29, 1.82) is 0 Å². The smallest absolute Gasteiger partial charge is 0.314 e. The van der Waals surface area contributed by atoms with Crippen molar-refractivity contribution in [1.82, 2.24) is 0 Å². The van der Waals surface area contributed by atoms with E-state index in [9.17, 15) is 9.18 Å². The normalized spacial score (nSPS) is 24.3. The molecule has 0 amide bonds. The molecule has 0 heterocycles. The first-order valence-corrected chi connectivity index (χ1v) is 10.2.